The smallest absolute Gasteiger partial charge is 0.232 e. The van der Waals surface area contributed by atoms with Crippen LogP contribution in [0.4, 0.5) is 0 Å². The van der Waals surface area contributed by atoms with E-state index in [1.807, 2.05) is 0 Å². The van der Waals surface area contributed by atoms with Crippen LogP contribution in [0.1, 0.15) is 33.1 Å². The van der Waals surface area contributed by atoms with Crippen molar-refractivity contribution in [3.05, 3.63) is 12.2 Å². The Balaban J connectivity index is 2.03. The van der Waals surface area contributed by atoms with Crippen molar-refractivity contribution in [2.45, 2.75) is 33.1 Å². The lowest BCUT2D eigenvalue weighted by molar-refractivity contribution is -0.143. The monoisotopic (exact) mass is 235 g/mol. The number of imide groups is 1. The number of amides is 2. The molecule has 0 radical (unpaired) electrons. The predicted molar refractivity (Wildman–Crippen MR) is 66.1 cm³/mol. The lowest BCUT2D eigenvalue weighted by atomic mass is 9.83. The van der Waals surface area contributed by atoms with E-state index in [4.69, 9.17) is 0 Å². The first-order chi connectivity index (χ1) is 8.19. The number of carbonyl (C=O) groups excluding carboxylic acids is 2. The maximum Gasteiger partial charge on any atom is 0.232 e. The van der Waals surface area contributed by atoms with Crippen LogP contribution in [-0.4, -0.2) is 23.8 Å². The summed E-state index contributed by atoms with van der Waals surface area (Å²) in [4.78, 5) is 24.7. The fraction of sp³-hybridized carbons (Fsp3) is 0.714. The summed E-state index contributed by atoms with van der Waals surface area (Å²) in [5.41, 5.74) is 0. The molecule has 2 aliphatic carbocycles. The highest BCUT2D eigenvalue weighted by Gasteiger charge is 2.46. The predicted octanol–water partition coefficient (Wildman–Crippen LogP) is 2.23. The Hall–Kier alpha value is -1.12. The first kappa shape index (κ1) is 12.3. The molecule has 2 rings (SSSR count). The van der Waals surface area contributed by atoms with Gasteiger partial charge in [0, 0.05) is 12.5 Å². The quantitative estimate of drug-likeness (QED) is 0.541. The fourth-order valence-electron chi connectivity index (χ4n) is 3.21. The van der Waals surface area contributed by atoms with Crippen LogP contribution in [0, 0.1) is 23.7 Å². The third-order valence-corrected chi connectivity index (χ3v) is 4.30. The molecule has 0 aromatic rings. The van der Waals surface area contributed by atoms with Gasteiger partial charge in [-0.3, -0.25) is 14.5 Å². The van der Waals surface area contributed by atoms with Crippen LogP contribution in [0.3, 0.4) is 0 Å². The molecule has 1 fully saturated rings. The first-order valence-corrected chi connectivity index (χ1v) is 6.63. The summed E-state index contributed by atoms with van der Waals surface area (Å²) in [6.07, 6.45) is 8.10. The van der Waals surface area contributed by atoms with E-state index in [0.717, 1.165) is 19.3 Å². The maximum atomic E-state index is 12.3. The van der Waals surface area contributed by atoms with Crippen LogP contribution in [0.2, 0.25) is 0 Å². The molecule has 0 heterocycles. The Bertz CT molecular complexity index is 337. The number of rotatable bonds is 5. The molecular formula is C14H21NO2. The summed E-state index contributed by atoms with van der Waals surface area (Å²) in [5, 5.41) is 0. The van der Waals surface area contributed by atoms with Gasteiger partial charge in [0.05, 0.1) is 0 Å². The number of hydrogen-bond donors (Lipinski definition) is 0. The van der Waals surface area contributed by atoms with E-state index in [2.05, 4.69) is 26.0 Å². The molecule has 3 nitrogen and oxygen atoms in total. The van der Waals surface area contributed by atoms with Gasteiger partial charge in [-0.25, -0.2) is 0 Å². The van der Waals surface area contributed by atoms with Crippen LogP contribution >= 0.6 is 0 Å². The molecule has 0 aromatic carbocycles. The van der Waals surface area contributed by atoms with Crippen LogP contribution in [0.5, 0.6) is 0 Å². The van der Waals surface area contributed by atoms with Crippen LogP contribution in [-0.2, 0) is 9.59 Å². The fourth-order valence-corrected chi connectivity index (χ4v) is 3.21. The molecule has 0 aliphatic heterocycles. The van der Waals surface area contributed by atoms with E-state index < -0.39 is 0 Å². The van der Waals surface area contributed by atoms with E-state index >= 15 is 0 Å². The number of hydrogen-bond acceptors (Lipinski definition) is 2. The van der Waals surface area contributed by atoms with Gasteiger partial charge in [-0.2, -0.15) is 0 Å². The first-order valence-electron chi connectivity index (χ1n) is 6.63. The minimum absolute atomic E-state index is 0.0343. The van der Waals surface area contributed by atoms with Crippen molar-refractivity contribution in [1.82, 2.24) is 4.90 Å². The van der Waals surface area contributed by atoms with Crippen molar-refractivity contribution in [1.29, 1.82) is 0 Å². The third-order valence-electron chi connectivity index (χ3n) is 4.30. The number of allylic oxidation sites excluding steroid dienone is 2. The van der Waals surface area contributed by atoms with Crippen molar-refractivity contribution in [3.63, 3.8) is 0 Å². The highest BCUT2D eigenvalue weighted by Crippen LogP contribution is 2.48. The van der Waals surface area contributed by atoms with Gasteiger partial charge in [-0.1, -0.05) is 32.4 Å². The lowest BCUT2D eigenvalue weighted by Gasteiger charge is -2.27. The molecule has 2 aliphatic rings. The van der Waals surface area contributed by atoms with E-state index in [-0.39, 0.29) is 11.8 Å². The number of fused-ring (bicyclic) bond motifs is 2. The Labute approximate surface area is 103 Å². The minimum atomic E-state index is 0.0343. The molecule has 94 valence electrons. The van der Waals surface area contributed by atoms with Gasteiger partial charge in [-0.15, -0.1) is 0 Å². The van der Waals surface area contributed by atoms with E-state index in [0.29, 0.717) is 30.7 Å². The zero-order chi connectivity index (χ0) is 12.4. The second-order valence-electron chi connectivity index (χ2n) is 5.32. The second-order valence-corrected chi connectivity index (χ2v) is 5.32. The summed E-state index contributed by atoms with van der Waals surface area (Å²) in [5.74, 6) is 1.38. The molecule has 2 amide bonds. The van der Waals surface area contributed by atoms with Gasteiger partial charge in [0.25, 0.3) is 0 Å². The van der Waals surface area contributed by atoms with E-state index in [9.17, 15) is 9.59 Å². The van der Waals surface area contributed by atoms with Crippen molar-refractivity contribution >= 4 is 12.3 Å². The van der Waals surface area contributed by atoms with Crippen molar-refractivity contribution in [3.8, 4) is 0 Å². The topological polar surface area (TPSA) is 37.4 Å². The van der Waals surface area contributed by atoms with Gasteiger partial charge in [0.2, 0.25) is 12.3 Å². The molecule has 0 saturated heterocycles. The molecule has 4 atom stereocenters. The molecule has 0 aromatic heterocycles. The number of unbranched alkanes of at least 4 members (excludes halogenated alkanes) is 1. The van der Waals surface area contributed by atoms with Crippen molar-refractivity contribution < 1.29 is 9.59 Å². The average Bonchev–Trinajstić information content (AvgIpc) is 2.90. The van der Waals surface area contributed by atoms with Gasteiger partial charge in [0.15, 0.2) is 0 Å². The molecule has 17 heavy (non-hydrogen) atoms. The normalized spacial score (nSPS) is 34.0. The van der Waals surface area contributed by atoms with Crippen LogP contribution in [0.15, 0.2) is 12.2 Å². The summed E-state index contributed by atoms with van der Waals surface area (Å²) >= 11 is 0. The molecule has 1 saturated carbocycles. The molecule has 4 unspecified atom stereocenters. The Morgan fingerprint density at radius 2 is 2.12 bits per heavy atom. The molecule has 0 spiro atoms. The summed E-state index contributed by atoms with van der Waals surface area (Å²) in [7, 11) is 0. The zero-order valence-electron chi connectivity index (χ0n) is 10.6. The van der Waals surface area contributed by atoms with Crippen LogP contribution < -0.4 is 0 Å². The SMILES string of the molecule is CCCCN(C=O)C(=O)C1C2C=CC(C2)C1C. The van der Waals surface area contributed by atoms with Gasteiger partial charge < -0.3 is 0 Å². The Morgan fingerprint density at radius 3 is 2.65 bits per heavy atom. The average molecular weight is 235 g/mol. The zero-order valence-corrected chi connectivity index (χ0v) is 10.6. The molecule has 0 N–H and O–H groups in total. The maximum absolute atomic E-state index is 12.3. The highest BCUT2D eigenvalue weighted by atomic mass is 16.2. The molecule has 3 heteroatoms. The Kier molecular flexibility index (Phi) is 3.65. The minimum Gasteiger partial charge on any atom is -0.285 e. The summed E-state index contributed by atoms with van der Waals surface area (Å²) in [6.45, 7) is 4.78. The largest absolute Gasteiger partial charge is 0.285 e. The Morgan fingerprint density at radius 1 is 1.41 bits per heavy atom. The lowest BCUT2D eigenvalue weighted by Crippen LogP contribution is -2.40. The summed E-state index contributed by atoms with van der Waals surface area (Å²) < 4.78 is 0. The number of carbonyl (C=O) groups is 2. The van der Waals surface area contributed by atoms with E-state index in [1.165, 1.54) is 4.90 Å². The van der Waals surface area contributed by atoms with E-state index in [1.54, 1.807) is 0 Å². The van der Waals surface area contributed by atoms with Crippen LogP contribution in [0.25, 0.3) is 0 Å². The van der Waals surface area contributed by atoms with Gasteiger partial charge >= 0.3 is 0 Å². The molecule has 2 bridgehead atoms. The third kappa shape index (κ3) is 2.15. The van der Waals surface area contributed by atoms with Gasteiger partial charge in [0.1, 0.15) is 0 Å². The number of nitrogens with zero attached hydrogens (tertiary/aromatic N) is 1. The summed E-state index contributed by atoms with van der Waals surface area (Å²) in [6, 6.07) is 0. The van der Waals surface area contributed by atoms with Crippen molar-refractivity contribution in [2.75, 3.05) is 6.54 Å². The standard InChI is InChI=1S/C14H21NO2/c1-3-4-7-15(9-16)14(17)13-10(2)11-5-6-12(13)8-11/h5-6,9-13H,3-4,7-8H2,1-2H3. The molecular weight excluding hydrogens is 214 g/mol. The highest BCUT2D eigenvalue weighted by molar-refractivity contribution is 5.89. The van der Waals surface area contributed by atoms with Gasteiger partial charge in [-0.05, 0) is 30.6 Å². The second kappa shape index (κ2) is 5.03. The van der Waals surface area contributed by atoms with Crippen molar-refractivity contribution in [2.24, 2.45) is 23.7 Å².